The number of rotatable bonds is 5. The van der Waals surface area contributed by atoms with Gasteiger partial charge in [-0.15, -0.1) is 0 Å². The Hall–Kier alpha value is -3.84. The average Bonchev–Trinajstić information content (AvgIpc) is 3.09. The molecule has 4 rings (SSSR count). The highest BCUT2D eigenvalue weighted by molar-refractivity contribution is 6.51. The number of ether oxygens (including phenoxy) is 2. The van der Waals surface area contributed by atoms with Crippen LogP contribution in [0.25, 0.3) is 5.76 Å². The first-order valence-electron chi connectivity index (χ1n) is 9.90. The predicted molar refractivity (Wildman–Crippen MR) is 122 cm³/mol. The van der Waals surface area contributed by atoms with Crippen LogP contribution in [0.2, 0.25) is 5.02 Å². The van der Waals surface area contributed by atoms with Gasteiger partial charge in [-0.25, -0.2) is 4.39 Å². The van der Waals surface area contributed by atoms with Gasteiger partial charge < -0.3 is 14.6 Å². The fourth-order valence-electron chi connectivity index (χ4n) is 3.82. The first kappa shape index (κ1) is 22.4. The Kier molecular flexibility index (Phi) is 6.07. The molecule has 0 aliphatic carbocycles. The Balaban J connectivity index is 1.96. The molecule has 1 saturated heterocycles. The van der Waals surface area contributed by atoms with Gasteiger partial charge in [-0.1, -0.05) is 29.8 Å². The number of aliphatic hydroxyl groups is 1. The maximum absolute atomic E-state index is 14.0. The predicted octanol–water partition coefficient (Wildman–Crippen LogP) is 5.12. The fraction of sp³-hybridized carbons (Fsp3) is 0.120. The van der Waals surface area contributed by atoms with Gasteiger partial charge in [-0.3, -0.25) is 14.5 Å². The second-order valence-corrected chi connectivity index (χ2v) is 7.68. The lowest BCUT2D eigenvalue weighted by Gasteiger charge is -2.25. The van der Waals surface area contributed by atoms with Crippen molar-refractivity contribution in [2.75, 3.05) is 19.1 Å². The van der Waals surface area contributed by atoms with Crippen molar-refractivity contribution >= 4 is 34.7 Å². The summed E-state index contributed by atoms with van der Waals surface area (Å²) < 4.78 is 24.4. The standard InChI is InChI=1S/C25H19ClFNO5/c1-32-18-8-3-5-14(11-18)22-21(23(29)15-9-10-20(33-2)19(26)12-15)24(30)25(31)28(22)17-7-4-6-16(27)13-17/h3-13,22,29H,1-2H3/b23-21+. The summed E-state index contributed by atoms with van der Waals surface area (Å²) in [5.74, 6) is -1.90. The second-order valence-electron chi connectivity index (χ2n) is 7.27. The van der Waals surface area contributed by atoms with E-state index in [2.05, 4.69) is 0 Å². The van der Waals surface area contributed by atoms with Crippen LogP contribution in [0.1, 0.15) is 17.2 Å². The van der Waals surface area contributed by atoms with Crippen LogP contribution in [-0.4, -0.2) is 31.0 Å². The molecule has 168 valence electrons. The summed E-state index contributed by atoms with van der Waals surface area (Å²) in [6.45, 7) is 0. The number of aliphatic hydroxyl groups excluding tert-OH is 1. The van der Waals surface area contributed by atoms with Crippen molar-refractivity contribution in [3.63, 3.8) is 0 Å². The molecule has 0 bridgehead atoms. The van der Waals surface area contributed by atoms with Crippen LogP contribution in [0.4, 0.5) is 10.1 Å². The minimum Gasteiger partial charge on any atom is -0.507 e. The summed E-state index contributed by atoms with van der Waals surface area (Å²) in [4.78, 5) is 27.4. The van der Waals surface area contributed by atoms with Crippen LogP contribution in [0.5, 0.6) is 11.5 Å². The Bertz CT molecular complexity index is 1290. The molecule has 1 amide bonds. The van der Waals surface area contributed by atoms with E-state index in [1.807, 2.05) is 0 Å². The molecule has 0 radical (unpaired) electrons. The molecule has 1 atom stereocenters. The van der Waals surface area contributed by atoms with Crippen LogP contribution >= 0.6 is 11.6 Å². The molecule has 1 aliphatic rings. The van der Waals surface area contributed by atoms with Crippen molar-refractivity contribution in [3.05, 3.63) is 94.3 Å². The Labute approximate surface area is 194 Å². The molecule has 0 aromatic heterocycles. The molecule has 1 fully saturated rings. The van der Waals surface area contributed by atoms with E-state index < -0.39 is 29.3 Å². The van der Waals surface area contributed by atoms with E-state index in [0.717, 1.165) is 11.0 Å². The van der Waals surface area contributed by atoms with Gasteiger partial charge in [-0.2, -0.15) is 0 Å². The van der Waals surface area contributed by atoms with Gasteiger partial charge >= 0.3 is 0 Å². The van der Waals surface area contributed by atoms with Crippen molar-refractivity contribution in [2.45, 2.75) is 6.04 Å². The number of hydrogen-bond donors (Lipinski definition) is 1. The second kappa shape index (κ2) is 8.96. The van der Waals surface area contributed by atoms with Gasteiger partial charge in [0, 0.05) is 11.3 Å². The van der Waals surface area contributed by atoms with Crippen LogP contribution in [0.15, 0.2) is 72.3 Å². The van der Waals surface area contributed by atoms with Gasteiger partial charge in [-0.05, 0) is 54.1 Å². The van der Waals surface area contributed by atoms with Crippen molar-refractivity contribution < 1.29 is 28.6 Å². The first-order valence-corrected chi connectivity index (χ1v) is 10.3. The quantitative estimate of drug-likeness (QED) is 0.320. The van der Waals surface area contributed by atoms with Crippen molar-refractivity contribution in [1.82, 2.24) is 0 Å². The molecule has 0 saturated carbocycles. The number of halogens is 2. The zero-order valence-corrected chi connectivity index (χ0v) is 18.5. The molecule has 1 N–H and O–H groups in total. The first-order chi connectivity index (χ1) is 15.8. The van der Waals surface area contributed by atoms with E-state index in [4.69, 9.17) is 21.1 Å². The number of methoxy groups -OCH3 is 2. The highest BCUT2D eigenvalue weighted by atomic mass is 35.5. The van der Waals surface area contributed by atoms with Gasteiger partial charge in [0.1, 0.15) is 23.1 Å². The largest absolute Gasteiger partial charge is 0.507 e. The molecule has 8 heteroatoms. The molecule has 1 aliphatic heterocycles. The van der Waals surface area contributed by atoms with Gasteiger partial charge in [0.15, 0.2) is 0 Å². The average molecular weight is 468 g/mol. The molecule has 1 unspecified atom stereocenters. The lowest BCUT2D eigenvalue weighted by atomic mass is 9.95. The number of carbonyl (C=O) groups excluding carboxylic acids is 2. The highest BCUT2D eigenvalue weighted by Gasteiger charge is 2.47. The lowest BCUT2D eigenvalue weighted by molar-refractivity contribution is -0.132. The molecule has 1 heterocycles. The van der Waals surface area contributed by atoms with Crippen LogP contribution in [0, 0.1) is 5.82 Å². The fourth-order valence-corrected chi connectivity index (χ4v) is 4.08. The summed E-state index contributed by atoms with van der Waals surface area (Å²) >= 11 is 6.20. The number of Topliss-reactive ketones (excluding diaryl/α,β-unsaturated/α-hetero) is 1. The minimum atomic E-state index is -1.03. The number of benzene rings is 3. The zero-order valence-electron chi connectivity index (χ0n) is 17.7. The van der Waals surface area contributed by atoms with E-state index in [0.29, 0.717) is 17.1 Å². The zero-order chi connectivity index (χ0) is 23.7. The number of anilines is 1. The molecule has 3 aromatic rings. The van der Waals surface area contributed by atoms with E-state index >= 15 is 0 Å². The topological polar surface area (TPSA) is 76.1 Å². The number of ketones is 1. The molecule has 6 nitrogen and oxygen atoms in total. The minimum absolute atomic E-state index is 0.154. The van der Waals surface area contributed by atoms with Gasteiger partial charge in [0.2, 0.25) is 0 Å². The van der Waals surface area contributed by atoms with Gasteiger partial charge in [0.05, 0.1) is 30.9 Å². The van der Waals surface area contributed by atoms with E-state index in [-0.39, 0.29) is 21.8 Å². The Morgan fingerprint density at radius 3 is 2.42 bits per heavy atom. The molecule has 33 heavy (non-hydrogen) atoms. The summed E-state index contributed by atoms with van der Waals surface area (Å²) in [5.41, 5.74) is 0.750. The maximum Gasteiger partial charge on any atom is 0.300 e. The normalized spacial score (nSPS) is 17.3. The van der Waals surface area contributed by atoms with Crippen LogP contribution in [-0.2, 0) is 9.59 Å². The number of nitrogens with zero attached hydrogens (tertiary/aromatic N) is 1. The molecular formula is C25H19ClFNO5. The third kappa shape index (κ3) is 4.03. The van der Waals surface area contributed by atoms with E-state index in [9.17, 15) is 19.1 Å². The van der Waals surface area contributed by atoms with E-state index in [1.54, 1.807) is 30.3 Å². The third-order valence-corrected chi connectivity index (χ3v) is 5.66. The smallest absolute Gasteiger partial charge is 0.300 e. The summed E-state index contributed by atoms with van der Waals surface area (Å²) in [6.07, 6.45) is 0. The maximum atomic E-state index is 14.0. The number of carbonyl (C=O) groups is 2. The Morgan fingerprint density at radius 2 is 1.76 bits per heavy atom. The lowest BCUT2D eigenvalue weighted by Crippen LogP contribution is -2.29. The Morgan fingerprint density at radius 1 is 1.00 bits per heavy atom. The SMILES string of the molecule is COc1cccc(C2/C(=C(\O)c3ccc(OC)c(Cl)c3)C(=O)C(=O)N2c2cccc(F)c2)c1. The van der Waals surface area contributed by atoms with E-state index in [1.165, 1.54) is 44.6 Å². The monoisotopic (exact) mass is 467 g/mol. The van der Waals surface area contributed by atoms with Crippen molar-refractivity contribution in [1.29, 1.82) is 0 Å². The number of amides is 1. The highest BCUT2D eigenvalue weighted by Crippen LogP contribution is 2.43. The molecule has 3 aromatic carbocycles. The summed E-state index contributed by atoms with van der Waals surface area (Å²) in [6, 6.07) is 15.6. The van der Waals surface area contributed by atoms with Gasteiger partial charge in [0.25, 0.3) is 11.7 Å². The summed E-state index contributed by atoms with van der Waals surface area (Å²) in [7, 11) is 2.94. The third-order valence-electron chi connectivity index (χ3n) is 5.37. The van der Waals surface area contributed by atoms with Crippen molar-refractivity contribution in [2.24, 2.45) is 0 Å². The molecular weight excluding hydrogens is 449 g/mol. The van der Waals surface area contributed by atoms with Crippen molar-refractivity contribution in [3.8, 4) is 11.5 Å². The summed E-state index contributed by atoms with van der Waals surface area (Å²) in [5, 5.41) is 11.4. The number of hydrogen-bond acceptors (Lipinski definition) is 5. The van der Waals surface area contributed by atoms with Crippen LogP contribution in [0.3, 0.4) is 0 Å². The molecule has 0 spiro atoms. The van der Waals surface area contributed by atoms with Crippen LogP contribution < -0.4 is 14.4 Å².